The molecule has 0 aromatic heterocycles. The molecule has 0 fully saturated rings. The Morgan fingerprint density at radius 2 is 1.39 bits per heavy atom. The zero-order valence-electron chi connectivity index (χ0n) is 10.2. The molecule has 3 aromatic rings. The van der Waals surface area contributed by atoms with E-state index >= 15 is 0 Å². The van der Waals surface area contributed by atoms with Gasteiger partial charge < -0.3 is 0 Å². The largest absolute Gasteiger partial charge is 0.206 e. The SMILES string of the molecule is Cc1cccc(-c2cccc3ccccc23)c1F. The fourth-order valence-electron chi connectivity index (χ4n) is 2.32. The van der Waals surface area contributed by atoms with E-state index in [4.69, 9.17) is 0 Å². The van der Waals surface area contributed by atoms with Gasteiger partial charge >= 0.3 is 0 Å². The molecule has 0 spiro atoms. The first kappa shape index (κ1) is 11.0. The minimum Gasteiger partial charge on any atom is -0.206 e. The Morgan fingerprint density at radius 3 is 2.28 bits per heavy atom. The second kappa shape index (κ2) is 4.26. The van der Waals surface area contributed by atoms with Crippen molar-refractivity contribution in [3.63, 3.8) is 0 Å². The molecule has 0 radical (unpaired) electrons. The third kappa shape index (κ3) is 1.68. The van der Waals surface area contributed by atoms with Crippen LogP contribution in [0.1, 0.15) is 5.56 Å². The highest BCUT2D eigenvalue weighted by Crippen LogP contribution is 2.31. The molecular formula is C17H13F. The van der Waals surface area contributed by atoms with Gasteiger partial charge in [0.2, 0.25) is 0 Å². The van der Waals surface area contributed by atoms with Crippen molar-refractivity contribution < 1.29 is 4.39 Å². The predicted octanol–water partition coefficient (Wildman–Crippen LogP) is 4.95. The summed E-state index contributed by atoms with van der Waals surface area (Å²) in [5.41, 5.74) is 2.31. The molecule has 0 atom stereocenters. The molecule has 0 aliphatic rings. The van der Waals surface area contributed by atoms with Gasteiger partial charge in [0.25, 0.3) is 0 Å². The zero-order chi connectivity index (χ0) is 12.5. The Balaban J connectivity index is 2.35. The number of benzene rings is 3. The number of fused-ring (bicyclic) bond motifs is 1. The lowest BCUT2D eigenvalue weighted by Gasteiger charge is -2.09. The Labute approximate surface area is 106 Å². The average molecular weight is 236 g/mol. The van der Waals surface area contributed by atoms with Crippen molar-refractivity contribution in [2.24, 2.45) is 0 Å². The van der Waals surface area contributed by atoms with E-state index in [-0.39, 0.29) is 5.82 Å². The van der Waals surface area contributed by atoms with Gasteiger partial charge in [0.05, 0.1) is 0 Å². The molecule has 0 saturated carbocycles. The van der Waals surface area contributed by atoms with Crippen molar-refractivity contribution in [2.45, 2.75) is 6.92 Å². The maximum absolute atomic E-state index is 14.2. The summed E-state index contributed by atoms with van der Waals surface area (Å²) >= 11 is 0. The highest BCUT2D eigenvalue weighted by molar-refractivity contribution is 5.96. The molecular weight excluding hydrogens is 223 g/mol. The topological polar surface area (TPSA) is 0 Å². The van der Waals surface area contributed by atoms with Crippen molar-refractivity contribution in [3.05, 3.63) is 72.0 Å². The van der Waals surface area contributed by atoms with E-state index < -0.39 is 0 Å². The standard InChI is InChI=1S/C17H13F/c1-12-6-4-11-16(17(12)18)15-10-5-8-13-7-2-3-9-14(13)15/h2-11H,1H3. The molecule has 0 unspecified atom stereocenters. The average Bonchev–Trinajstić information content (AvgIpc) is 2.41. The first-order valence-corrected chi connectivity index (χ1v) is 6.00. The van der Waals surface area contributed by atoms with Gasteiger partial charge in [-0.1, -0.05) is 60.7 Å². The summed E-state index contributed by atoms with van der Waals surface area (Å²) in [6.07, 6.45) is 0. The highest BCUT2D eigenvalue weighted by atomic mass is 19.1. The molecule has 0 nitrogen and oxygen atoms in total. The summed E-state index contributed by atoms with van der Waals surface area (Å²) in [6, 6.07) is 19.6. The number of hydrogen-bond donors (Lipinski definition) is 0. The van der Waals surface area contributed by atoms with Gasteiger partial charge in [-0.2, -0.15) is 0 Å². The quantitative estimate of drug-likeness (QED) is 0.560. The molecule has 0 aliphatic carbocycles. The summed E-state index contributed by atoms with van der Waals surface area (Å²) in [5, 5.41) is 2.22. The molecule has 0 bridgehead atoms. The molecule has 0 aliphatic heterocycles. The molecule has 0 amide bonds. The van der Waals surface area contributed by atoms with Crippen LogP contribution in [0.25, 0.3) is 21.9 Å². The van der Waals surface area contributed by atoms with Crippen LogP contribution in [0, 0.1) is 12.7 Å². The number of halogens is 1. The van der Waals surface area contributed by atoms with Gasteiger partial charge in [0.15, 0.2) is 0 Å². The molecule has 18 heavy (non-hydrogen) atoms. The number of rotatable bonds is 1. The first-order chi connectivity index (χ1) is 8.77. The van der Waals surface area contributed by atoms with Crippen LogP contribution in [0.3, 0.4) is 0 Å². The highest BCUT2D eigenvalue weighted by Gasteiger charge is 2.09. The fourth-order valence-corrected chi connectivity index (χ4v) is 2.32. The third-order valence-corrected chi connectivity index (χ3v) is 3.27. The van der Waals surface area contributed by atoms with Crippen LogP contribution in [-0.2, 0) is 0 Å². The Hall–Kier alpha value is -2.15. The van der Waals surface area contributed by atoms with E-state index in [0.29, 0.717) is 11.1 Å². The monoisotopic (exact) mass is 236 g/mol. The van der Waals surface area contributed by atoms with E-state index in [1.165, 1.54) is 0 Å². The van der Waals surface area contributed by atoms with Gasteiger partial charge in [-0.05, 0) is 28.8 Å². The van der Waals surface area contributed by atoms with Crippen molar-refractivity contribution in [3.8, 4) is 11.1 Å². The summed E-state index contributed by atoms with van der Waals surface area (Å²) in [6.45, 7) is 1.80. The third-order valence-electron chi connectivity index (χ3n) is 3.27. The van der Waals surface area contributed by atoms with Gasteiger partial charge in [-0.25, -0.2) is 4.39 Å². The zero-order valence-corrected chi connectivity index (χ0v) is 10.2. The number of hydrogen-bond acceptors (Lipinski definition) is 0. The summed E-state index contributed by atoms with van der Waals surface area (Å²) in [7, 11) is 0. The molecule has 1 heteroatoms. The van der Waals surface area contributed by atoms with Crippen molar-refractivity contribution in [2.75, 3.05) is 0 Å². The van der Waals surface area contributed by atoms with E-state index in [0.717, 1.165) is 16.3 Å². The molecule has 88 valence electrons. The van der Waals surface area contributed by atoms with Crippen LogP contribution >= 0.6 is 0 Å². The van der Waals surface area contributed by atoms with Crippen LogP contribution in [-0.4, -0.2) is 0 Å². The predicted molar refractivity (Wildman–Crippen MR) is 74.1 cm³/mol. The van der Waals surface area contributed by atoms with Crippen LogP contribution in [0.5, 0.6) is 0 Å². The molecule has 0 heterocycles. The Kier molecular flexibility index (Phi) is 2.60. The van der Waals surface area contributed by atoms with Gasteiger partial charge in [-0.3, -0.25) is 0 Å². The molecule has 0 saturated heterocycles. The van der Waals surface area contributed by atoms with E-state index in [2.05, 4.69) is 0 Å². The lowest BCUT2D eigenvalue weighted by molar-refractivity contribution is 0.622. The molecule has 0 N–H and O–H groups in total. The normalized spacial score (nSPS) is 10.8. The minimum atomic E-state index is -0.131. The van der Waals surface area contributed by atoms with Crippen LogP contribution in [0.2, 0.25) is 0 Å². The second-order valence-electron chi connectivity index (χ2n) is 4.46. The van der Waals surface area contributed by atoms with Gasteiger partial charge in [0.1, 0.15) is 5.82 Å². The first-order valence-electron chi connectivity index (χ1n) is 6.00. The van der Waals surface area contributed by atoms with Crippen molar-refractivity contribution >= 4 is 10.8 Å². The Morgan fingerprint density at radius 1 is 0.722 bits per heavy atom. The second-order valence-corrected chi connectivity index (χ2v) is 4.46. The Bertz CT molecular complexity index is 708. The maximum Gasteiger partial charge on any atom is 0.133 e. The molecule has 3 aromatic carbocycles. The minimum absolute atomic E-state index is 0.131. The van der Waals surface area contributed by atoms with Gasteiger partial charge in [-0.15, -0.1) is 0 Å². The van der Waals surface area contributed by atoms with Crippen LogP contribution in [0.15, 0.2) is 60.7 Å². The summed E-state index contributed by atoms with van der Waals surface area (Å²) in [5.74, 6) is -0.131. The molecule has 3 rings (SSSR count). The van der Waals surface area contributed by atoms with E-state index in [9.17, 15) is 4.39 Å². The lowest BCUT2D eigenvalue weighted by Crippen LogP contribution is -1.89. The number of aryl methyl sites for hydroxylation is 1. The summed E-state index contributed by atoms with van der Waals surface area (Å²) in [4.78, 5) is 0. The van der Waals surface area contributed by atoms with Crippen molar-refractivity contribution in [1.29, 1.82) is 0 Å². The van der Waals surface area contributed by atoms with E-state index in [1.54, 1.807) is 13.0 Å². The lowest BCUT2D eigenvalue weighted by atomic mass is 9.97. The summed E-state index contributed by atoms with van der Waals surface area (Å²) < 4.78 is 14.2. The van der Waals surface area contributed by atoms with Crippen LogP contribution < -0.4 is 0 Å². The van der Waals surface area contributed by atoms with Crippen LogP contribution in [0.4, 0.5) is 4.39 Å². The van der Waals surface area contributed by atoms with Gasteiger partial charge in [0, 0.05) is 5.56 Å². The maximum atomic E-state index is 14.2. The van der Waals surface area contributed by atoms with Crippen molar-refractivity contribution in [1.82, 2.24) is 0 Å². The fraction of sp³-hybridized carbons (Fsp3) is 0.0588. The van der Waals surface area contributed by atoms with E-state index in [1.807, 2.05) is 54.6 Å². The smallest absolute Gasteiger partial charge is 0.133 e.